The lowest BCUT2D eigenvalue weighted by Gasteiger charge is -2.33. The van der Waals surface area contributed by atoms with E-state index in [-0.39, 0.29) is 36.7 Å². The monoisotopic (exact) mass is 417 g/mol. The van der Waals surface area contributed by atoms with Crippen LogP contribution in [0.2, 0.25) is 0 Å². The first-order chi connectivity index (χ1) is 14.1. The van der Waals surface area contributed by atoms with Crippen molar-refractivity contribution in [2.75, 3.05) is 13.2 Å². The van der Waals surface area contributed by atoms with E-state index in [1.54, 1.807) is 6.07 Å². The fourth-order valence-electron chi connectivity index (χ4n) is 3.78. The summed E-state index contributed by atoms with van der Waals surface area (Å²) in [6, 6.07) is 2.87. The Bertz CT molecular complexity index is 993. The molecule has 7 nitrogen and oxygen atoms in total. The van der Waals surface area contributed by atoms with Gasteiger partial charge < -0.3 is 24.3 Å². The Morgan fingerprint density at radius 2 is 2.10 bits per heavy atom. The van der Waals surface area contributed by atoms with Gasteiger partial charge in [0, 0.05) is 17.7 Å². The topological polar surface area (TPSA) is 98.0 Å². The largest absolute Gasteiger partial charge is 0.487 e. The number of amides is 1. The number of fused-ring (bicyclic) bond motifs is 3. The number of carbonyl (C=O) groups is 1. The van der Waals surface area contributed by atoms with Crippen LogP contribution >= 0.6 is 0 Å². The average molecular weight is 418 g/mol. The van der Waals surface area contributed by atoms with Crippen molar-refractivity contribution in [2.45, 2.75) is 65.5 Å². The summed E-state index contributed by atoms with van der Waals surface area (Å²) in [6.45, 7) is 9.46. The molecule has 0 bridgehead atoms. The van der Waals surface area contributed by atoms with Crippen molar-refractivity contribution in [3.63, 3.8) is 0 Å². The Morgan fingerprint density at radius 3 is 2.77 bits per heavy atom. The summed E-state index contributed by atoms with van der Waals surface area (Å²) in [5.74, 6) is 0.866. The van der Waals surface area contributed by atoms with E-state index in [0.717, 1.165) is 30.4 Å². The Morgan fingerprint density at radius 1 is 1.37 bits per heavy atom. The van der Waals surface area contributed by atoms with Gasteiger partial charge in [0.25, 0.3) is 5.91 Å². The number of aryl methyl sites for hydroxylation is 2. The first-order valence-electron chi connectivity index (χ1n) is 10.5. The van der Waals surface area contributed by atoms with E-state index >= 15 is 0 Å². The standard InChI is InChI=1S/C23H31NO6/c1-6-13(2)16(11-25)24-19(26)12-28-18-10-17-15(7-8-23(4,5)30-17)22-21(18)14(3)9-20(27)29-22/h9-10,13,16,25H,6-8,11-12H2,1-5H3,(H,24,26). The number of carbonyl (C=O) groups excluding carboxylic acids is 1. The molecule has 1 aliphatic heterocycles. The van der Waals surface area contributed by atoms with Crippen LogP contribution in [0.25, 0.3) is 11.0 Å². The SMILES string of the molecule is CCC(C)C(CO)NC(=O)COc1cc2c(c3oc(=O)cc(C)c13)CCC(C)(C)O2. The Kier molecular flexibility index (Phi) is 6.41. The van der Waals surface area contributed by atoms with Gasteiger partial charge in [0.2, 0.25) is 0 Å². The second-order valence-corrected chi connectivity index (χ2v) is 8.70. The minimum Gasteiger partial charge on any atom is -0.487 e. The maximum absolute atomic E-state index is 12.4. The van der Waals surface area contributed by atoms with Crippen LogP contribution in [0.3, 0.4) is 0 Å². The highest BCUT2D eigenvalue weighted by molar-refractivity contribution is 5.91. The summed E-state index contributed by atoms with van der Waals surface area (Å²) in [5, 5.41) is 13.0. The highest BCUT2D eigenvalue weighted by Gasteiger charge is 2.30. The van der Waals surface area contributed by atoms with Gasteiger partial charge in [0.05, 0.1) is 18.0 Å². The summed E-state index contributed by atoms with van der Waals surface area (Å²) in [5.41, 5.74) is 1.25. The molecule has 1 aromatic carbocycles. The van der Waals surface area contributed by atoms with Crippen molar-refractivity contribution in [1.29, 1.82) is 0 Å². The molecule has 0 radical (unpaired) electrons. The third-order valence-electron chi connectivity index (χ3n) is 5.83. The molecule has 2 N–H and O–H groups in total. The number of rotatable bonds is 7. The second-order valence-electron chi connectivity index (χ2n) is 8.70. The van der Waals surface area contributed by atoms with Crippen LogP contribution in [0.5, 0.6) is 11.5 Å². The molecule has 7 heteroatoms. The van der Waals surface area contributed by atoms with E-state index in [1.807, 2.05) is 34.6 Å². The van der Waals surface area contributed by atoms with Gasteiger partial charge >= 0.3 is 5.63 Å². The Labute approximate surface area is 176 Å². The minimum absolute atomic E-state index is 0.129. The van der Waals surface area contributed by atoms with Gasteiger partial charge in [-0.15, -0.1) is 0 Å². The molecule has 0 fully saturated rings. The highest BCUT2D eigenvalue weighted by atomic mass is 16.5. The first-order valence-corrected chi connectivity index (χ1v) is 10.5. The van der Waals surface area contributed by atoms with Gasteiger partial charge in [-0.05, 0) is 45.1 Å². The molecule has 0 aliphatic carbocycles. The predicted molar refractivity (Wildman–Crippen MR) is 114 cm³/mol. The highest BCUT2D eigenvalue weighted by Crippen LogP contribution is 2.42. The molecule has 2 heterocycles. The second kappa shape index (κ2) is 8.68. The number of nitrogens with one attached hydrogen (secondary N) is 1. The van der Waals surface area contributed by atoms with Gasteiger partial charge in [-0.25, -0.2) is 4.79 Å². The van der Waals surface area contributed by atoms with Crippen LogP contribution < -0.4 is 20.4 Å². The number of hydrogen-bond donors (Lipinski definition) is 2. The summed E-state index contributed by atoms with van der Waals surface area (Å²) in [7, 11) is 0. The van der Waals surface area contributed by atoms with E-state index in [4.69, 9.17) is 13.9 Å². The lowest BCUT2D eigenvalue weighted by atomic mass is 9.92. The van der Waals surface area contributed by atoms with Crippen molar-refractivity contribution < 1.29 is 23.8 Å². The molecule has 1 amide bonds. The van der Waals surface area contributed by atoms with Gasteiger partial charge in [0.1, 0.15) is 22.7 Å². The molecule has 2 aromatic rings. The quantitative estimate of drug-likeness (QED) is 0.672. The lowest BCUT2D eigenvalue weighted by molar-refractivity contribution is -0.124. The number of hydrogen-bond acceptors (Lipinski definition) is 6. The third-order valence-corrected chi connectivity index (χ3v) is 5.83. The zero-order valence-corrected chi connectivity index (χ0v) is 18.3. The van der Waals surface area contributed by atoms with Crippen LogP contribution in [-0.2, 0) is 11.2 Å². The Hall–Kier alpha value is -2.54. The number of aliphatic hydroxyl groups is 1. The van der Waals surface area contributed by atoms with Crippen LogP contribution in [0.15, 0.2) is 21.3 Å². The van der Waals surface area contributed by atoms with Crippen molar-refractivity contribution in [3.8, 4) is 11.5 Å². The van der Waals surface area contributed by atoms with Crippen molar-refractivity contribution in [2.24, 2.45) is 5.92 Å². The van der Waals surface area contributed by atoms with Crippen LogP contribution in [-0.4, -0.2) is 35.9 Å². The molecular formula is C23H31NO6. The molecule has 1 aliphatic rings. The fraction of sp³-hybridized carbons (Fsp3) is 0.565. The third kappa shape index (κ3) is 4.61. The fourth-order valence-corrected chi connectivity index (χ4v) is 3.78. The number of ether oxygens (including phenoxy) is 2. The van der Waals surface area contributed by atoms with E-state index in [1.165, 1.54) is 6.07 Å². The predicted octanol–water partition coefficient (Wildman–Crippen LogP) is 3.11. The zero-order chi connectivity index (χ0) is 22.1. The maximum atomic E-state index is 12.4. The van der Waals surface area contributed by atoms with E-state index in [2.05, 4.69) is 5.32 Å². The molecule has 1 aromatic heterocycles. The molecule has 0 saturated heterocycles. The molecule has 2 unspecified atom stereocenters. The van der Waals surface area contributed by atoms with Crippen LogP contribution in [0.4, 0.5) is 0 Å². The lowest BCUT2D eigenvalue weighted by Crippen LogP contribution is -2.43. The van der Waals surface area contributed by atoms with Crippen molar-refractivity contribution >= 4 is 16.9 Å². The molecule has 0 saturated carbocycles. The van der Waals surface area contributed by atoms with Crippen molar-refractivity contribution in [1.82, 2.24) is 5.32 Å². The molecular weight excluding hydrogens is 386 g/mol. The summed E-state index contributed by atoms with van der Waals surface area (Å²) >= 11 is 0. The summed E-state index contributed by atoms with van der Waals surface area (Å²) in [4.78, 5) is 24.4. The maximum Gasteiger partial charge on any atom is 0.336 e. The smallest absolute Gasteiger partial charge is 0.336 e. The van der Waals surface area contributed by atoms with E-state index in [0.29, 0.717) is 22.5 Å². The Balaban J connectivity index is 1.92. The minimum atomic E-state index is -0.429. The van der Waals surface area contributed by atoms with Gasteiger partial charge in [-0.3, -0.25) is 4.79 Å². The summed E-state index contributed by atoms with van der Waals surface area (Å²) in [6.07, 6.45) is 2.36. The summed E-state index contributed by atoms with van der Waals surface area (Å²) < 4.78 is 17.5. The molecule has 2 atom stereocenters. The molecule has 164 valence electrons. The van der Waals surface area contributed by atoms with Gasteiger partial charge in [-0.2, -0.15) is 0 Å². The van der Waals surface area contributed by atoms with Crippen LogP contribution in [0, 0.1) is 12.8 Å². The van der Waals surface area contributed by atoms with Gasteiger partial charge in [-0.1, -0.05) is 20.3 Å². The average Bonchev–Trinajstić information content (AvgIpc) is 2.68. The normalized spacial score (nSPS) is 17.0. The van der Waals surface area contributed by atoms with Crippen molar-refractivity contribution in [3.05, 3.63) is 33.7 Å². The molecule has 0 spiro atoms. The van der Waals surface area contributed by atoms with E-state index in [9.17, 15) is 14.7 Å². The van der Waals surface area contributed by atoms with Crippen LogP contribution in [0.1, 0.15) is 51.7 Å². The number of aliphatic hydroxyl groups excluding tert-OH is 1. The van der Waals surface area contributed by atoms with Gasteiger partial charge in [0.15, 0.2) is 6.61 Å². The zero-order valence-electron chi connectivity index (χ0n) is 18.3. The molecule has 3 rings (SSSR count). The van der Waals surface area contributed by atoms with E-state index < -0.39 is 5.63 Å². The first kappa shape index (κ1) is 22.2. The number of benzene rings is 1. The molecule has 30 heavy (non-hydrogen) atoms.